The fourth-order valence-electron chi connectivity index (χ4n) is 7.98. The molecule has 0 bridgehead atoms. The second-order valence-electron chi connectivity index (χ2n) is 11.5. The summed E-state index contributed by atoms with van der Waals surface area (Å²) < 4.78 is 10.9. The van der Waals surface area contributed by atoms with E-state index in [1.807, 2.05) is 19.9 Å². The lowest BCUT2D eigenvalue weighted by Gasteiger charge is -2.63. The second-order valence-corrected chi connectivity index (χ2v) is 11.5. The first-order valence-electron chi connectivity index (χ1n) is 12.1. The van der Waals surface area contributed by atoms with Gasteiger partial charge in [-0.2, -0.15) is 0 Å². The number of rotatable bonds is 2. The normalized spacial score (nSPS) is 42.6. The number of fused-ring (bicyclic) bond motifs is 4. The minimum absolute atomic E-state index is 0.0124. The molecule has 1 fully saturated rings. The number of Topliss-reactive ketones (excluding diaryl/α,β-unsaturated/α-hetero) is 1. The molecule has 1 N–H and O–H groups in total. The summed E-state index contributed by atoms with van der Waals surface area (Å²) >= 11 is 0. The fourth-order valence-corrected chi connectivity index (χ4v) is 7.98. The van der Waals surface area contributed by atoms with E-state index >= 15 is 0 Å². The van der Waals surface area contributed by atoms with Crippen molar-refractivity contribution >= 4 is 23.5 Å². The van der Waals surface area contributed by atoms with E-state index in [1.165, 1.54) is 13.0 Å². The first-order chi connectivity index (χ1) is 15.8. The number of allylic oxidation sites excluding steroid dienone is 3. The monoisotopic (exact) mass is 468 g/mol. The first-order valence-corrected chi connectivity index (χ1v) is 12.1. The van der Waals surface area contributed by atoms with Crippen LogP contribution in [0.25, 0.3) is 0 Å². The maximum absolute atomic E-state index is 13.7. The van der Waals surface area contributed by atoms with Gasteiger partial charge in [-0.05, 0) is 48.7 Å². The summed E-state index contributed by atoms with van der Waals surface area (Å²) in [7, 11) is 0. The average molecular weight is 469 g/mol. The van der Waals surface area contributed by atoms with Gasteiger partial charge >= 0.3 is 11.9 Å². The lowest BCUT2D eigenvalue weighted by atomic mass is 9.41. The van der Waals surface area contributed by atoms with E-state index in [1.54, 1.807) is 6.08 Å². The third kappa shape index (κ3) is 2.92. The standard InChI is InChI=1S/C27H32O7/c1-13(28)33-21-12-18-25(2,3)20(30)8-9-26(18,4)19-11-17(29)23-14(6-7-16(23)27(19,21)5)15-10-22(31)34-24(15)32/h8-10,14,18-19,21-22,31H,6-7,11-12H2,1-5H3/t14-,18+,19+,21-,22+,26-,27-/m0/s1. The van der Waals surface area contributed by atoms with Crippen LogP contribution in [-0.4, -0.2) is 41.0 Å². The number of cyclic esters (lactones) is 1. The molecule has 1 saturated carbocycles. The SMILES string of the molecule is CC(=O)O[C@H]1C[C@@H]2C(C)(C)C(=O)C=C[C@]2(C)[C@H]2CC(=O)C3=C(CC[C@H]3C3=C[C@H](O)OC3=O)[C@]12C. The van der Waals surface area contributed by atoms with Gasteiger partial charge in [0.05, 0.1) is 0 Å². The fraction of sp³-hybridized carbons (Fsp3) is 0.630. The van der Waals surface area contributed by atoms with Crippen molar-refractivity contribution in [3.05, 3.63) is 34.9 Å². The van der Waals surface area contributed by atoms with Crippen LogP contribution >= 0.6 is 0 Å². The highest BCUT2D eigenvalue weighted by molar-refractivity contribution is 6.03. The first kappa shape index (κ1) is 23.2. The molecule has 5 aliphatic rings. The van der Waals surface area contributed by atoms with E-state index in [4.69, 9.17) is 9.47 Å². The maximum Gasteiger partial charge on any atom is 0.337 e. The number of carbonyl (C=O) groups is 4. The summed E-state index contributed by atoms with van der Waals surface area (Å²) in [4.78, 5) is 51.1. The molecule has 0 radical (unpaired) electrons. The summed E-state index contributed by atoms with van der Waals surface area (Å²) in [6.45, 7) is 9.50. The number of hydrogen-bond acceptors (Lipinski definition) is 7. The summed E-state index contributed by atoms with van der Waals surface area (Å²) in [5, 5.41) is 9.79. The molecule has 34 heavy (non-hydrogen) atoms. The average Bonchev–Trinajstić information content (AvgIpc) is 3.32. The highest BCUT2D eigenvalue weighted by Crippen LogP contribution is 2.68. The zero-order chi connectivity index (χ0) is 24.8. The number of hydrogen-bond donors (Lipinski definition) is 1. The molecule has 1 aliphatic heterocycles. The van der Waals surface area contributed by atoms with Gasteiger partial charge in [0.2, 0.25) is 6.29 Å². The molecular weight excluding hydrogens is 436 g/mol. The molecule has 0 spiro atoms. The third-order valence-electron chi connectivity index (χ3n) is 9.61. The van der Waals surface area contributed by atoms with Gasteiger partial charge in [-0.3, -0.25) is 14.4 Å². The number of ketones is 2. The lowest BCUT2D eigenvalue weighted by Crippen LogP contribution is -2.63. The van der Waals surface area contributed by atoms with E-state index in [-0.39, 0.29) is 35.8 Å². The van der Waals surface area contributed by atoms with Crippen LogP contribution in [-0.2, 0) is 28.7 Å². The van der Waals surface area contributed by atoms with Gasteiger partial charge in [0.25, 0.3) is 0 Å². The Morgan fingerprint density at radius 2 is 1.85 bits per heavy atom. The number of carbonyl (C=O) groups excluding carboxylic acids is 4. The van der Waals surface area contributed by atoms with Crippen molar-refractivity contribution in [1.29, 1.82) is 0 Å². The Morgan fingerprint density at radius 1 is 1.15 bits per heavy atom. The van der Waals surface area contributed by atoms with Crippen molar-refractivity contribution in [2.24, 2.45) is 34.0 Å². The van der Waals surface area contributed by atoms with Gasteiger partial charge in [0, 0.05) is 41.2 Å². The predicted octanol–water partition coefficient (Wildman–Crippen LogP) is 3.21. The van der Waals surface area contributed by atoms with Crippen molar-refractivity contribution < 1.29 is 33.8 Å². The molecule has 0 saturated heterocycles. The zero-order valence-corrected chi connectivity index (χ0v) is 20.3. The predicted molar refractivity (Wildman–Crippen MR) is 121 cm³/mol. The Bertz CT molecular complexity index is 1110. The van der Waals surface area contributed by atoms with E-state index in [9.17, 15) is 24.3 Å². The number of esters is 2. The van der Waals surface area contributed by atoms with Crippen LogP contribution in [0.1, 0.15) is 60.3 Å². The van der Waals surface area contributed by atoms with Gasteiger partial charge in [-0.25, -0.2) is 4.79 Å². The Kier molecular flexibility index (Phi) is 4.94. The van der Waals surface area contributed by atoms with Crippen LogP contribution in [0.15, 0.2) is 34.9 Å². The molecule has 7 nitrogen and oxygen atoms in total. The van der Waals surface area contributed by atoms with Crippen LogP contribution < -0.4 is 0 Å². The lowest BCUT2D eigenvalue weighted by molar-refractivity contribution is -0.181. The molecule has 5 rings (SSSR count). The quantitative estimate of drug-likeness (QED) is 0.620. The van der Waals surface area contributed by atoms with E-state index < -0.39 is 40.5 Å². The maximum atomic E-state index is 13.7. The molecule has 0 aromatic rings. The van der Waals surface area contributed by atoms with E-state index in [2.05, 4.69) is 13.8 Å². The number of ether oxygens (including phenoxy) is 2. The van der Waals surface area contributed by atoms with Gasteiger partial charge in [0.1, 0.15) is 6.10 Å². The molecule has 1 heterocycles. The van der Waals surface area contributed by atoms with Crippen molar-refractivity contribution in [3.8, 4) is 0 Å². The van der Waals surface area contributed by atoms with E-state index in [0.717, 1.165) is 5.57 Å². The van der Waals surface area contributed by atoms with Crippen LogP contribution in [0.3, 0.4) is 0 Å². The molecule has 7 heteroatoms. The zero-order valence-electron chi connectivity index (χ0n) is 20.3. The summed E-state index contributed by atoms with van der Waals surface area (Å²) in [5.41, 5.74) is 0.205. The van der Waals surface area contributed by atoms with Gasteiger partial charge < -0.3 is 14.6 Å². The molecular formula is C27H32O7. The summed E-state index contributed by atoms with van der Waals surface area (Å²) in [5.74, 6) is -1.61. The molecule has 0 aromatic carbocycles. The number of aliphatic hydroxyl groups excluding tert-OH is 1. The Labute approximate surface area is 199 Å². The molecule has 0 amide bonds. The summed E-state index contributed by atoms with van der Waals surface area (Å²) in [6.07, 6.45) is 5.20. The minimum atomic E-state index is -1.29. The van der Waals surface area contributed by atoms with Crippen LogP contribution in [0.2, 0.25) is 0 Å². The van der Waals surface area contributed by atoms with Crippen molar-refractivity contribution in [1.82, 2.24) is 0 Å². The van der Waals surface area contributed by atoms with E-state index in [0.29, 0.717) is 30.4 Å². The minimum Gasteiger partial charge on any atom is -0.462 e. The highest BCUT2D eigenvalue weighted by Gasteiger charge is 2.67. The molecule has 4 aliphatic carbocycles. The summed E-state index contributed by atoms with van der Waals surface area (Å²) in [6, 6.07) is 0. The van der Waals surface area contributed by atoms with Crippen LogP contribution in [0.5, 0.6) is 0 Å². The second kappa shape index (κ2) is 7.23. The Morgan fingerprint density at radius 3 is 2.47 bits per heavy atom. The van der Waals surface area contributed by atoms with Gasteiger partial charge in [0.15, 0.2) is 11.6 Å². The van der Waals surface area contributed by atoms with Crippen LogP contribution in [0.4, 0.5) is 0 Å². The molecule has 182 valence electrons. The van der Waals surface area contributed by atoms with Gasteiger partial charge in [-0.1, -0.05) is 39.3 Å². The van der Waals surface area contributed by atoms with Crippen molar-refractivity contribution in [2.75, 3.05) is 0 Å². The topological polar surface area (TPSA) is 107 Å². The Balaban J connectivity index is 1.68. The largest absolute Gasteiger partial charge is 0.462 e. The molecule has 0 aromatic heterocycles. The third-order valence-corrected chi connectivity index (χ3v) is 9.61. The van der Waals surface area contributed by atoms with Crippen molar-refractivity contribution in [3.63, 3.8) is 0 Å². The van der Waals surface area contributed by atoms with Crippen molar-refractivity contribution in [2.45, 2.75) is 72.7 Å². The molecule has 0 unspecified atom stereocenters. The molecule has 7 atom stereocenters. The Hall–Kier alpha value is -2.54. The van der Waals surface area contributed by atoms with Crippen LogP contribution in [0, 0.1) is 34.0 Å². The highest BCUT2D eigenvalue weighted by atomic mass is 16.6. The van der Waals surface area contributed by atoms with Gasteiger partial charge in [-0.15, -0.1) is 0 Å². The number of aliphatic hydroxyl groups is 1. The smallest absolute Gasteiger partial charge is 0.337 e.